The number of benzene rings is 1. The van der Waals surface area contributed by atoms with Gasteiger partial charge in [-0.15, -0.1) is 11.6 Å². The number of halogens is 1. The lowest BCUT2D eigenvalue weighted by Gasteiger charge is -2.23. The molecule has 1 heterocycles. The lowest BCUT2D eigenvalue weighted by molar-refractivity contribution is -0.384. The molecule has 0 saturated carbocycles. The molecule has 1 aliphatic rings. The van der Waals surface area contributed by atoms with Crippen molar-refractivity contribution in [3.05, 3.63) is 34.4 Å². The van der Waals surface area contributed by atoms with Gasteiger partial charge < -0.3 is 9.80 Å². The Morgan fingerprint density at radius 2 is 1.90 bits per heavy atom. The zero-order valence-corrected chi connectivity index (χ0v) is 11.8. The van der Waals surface area contributed by atoms with Crippen molar-refractivity contribution in [2.45, 2.75) is 6.42 Å². The first-order valence-electron chi connectivity index (χ1n) is 6.45. The first kappa shape index (κ1) is 14.6. The van der Waals surface area contributed by atoms with E-state index in [2.05, 4.69) is 4.90 Å². The molecule has 2 rings (SSSR count). The average Bonchev–Trinajstić information content (AvgIpc) is 2.72. The number of carbonyl (C=O) groups excluding carboxylic acids is 1. The Hall–Kier alpha value is -1.82. The van der Waals surface area contributed by atoms with Gasteiger partial charge in [0.05, 0.1) is 4.92 Å². The number of hydrogen-bond acceptors (Lipinski definition) is 4. The van der Waals surface area contributed by atoms with E-state index >= 15 is 0 Å². The van der Waals surface area contributed by atoms with Crippen LogP contribution in [0.3, 0.4) is 0 Å². The molecule has 0 atom stereocenters. The first-order valence-corrected chi connectivity index (χ1v) is 6.98. The van der Waals surface area contributed by atoms with Crippen LogP contribution in [-0.4, -0.2) is 47.8 Å². The van der Waals surface area contributed by atoms with Crippen LogP contribution in [0.1, 0.15) is 6.42 Å². The van der Waals surface area contributed by atoms with Crippen LogP contribution in [0.2, 0.25) is 0 Å². The van der Waals surface area contributed by atoms with Crippen molar-refractivity contribution in [2.75, 3.05) is 37.0 Å². The average molecular weight is 298 g/mol. The standard InChI is InChI=1S/C13H16ClN3O3/c14-10-13(18)16-7-1-6-15(8-9-16)11-2-4-12(5-3-11)17(19)20/h2-5H,1,6-10H2. The molecule has 0 aliphatic carbocycles. The monoisotopic (exact) mass is 297 g/mol. The molecule has 6 nitrogen and oxygen atoms in total. The van der Waals surface area contributed by atoms with Crippen LogP contribution < -0.4 is 4.90 Å². The highest BCUT2D eigenvalue weighted by Crippen LogP contribution is 2.20. The van der Waals surface area contributed by atoms with Crippen LogP contribution in [0.25, 0.3) is 0 Å². The summed E-state index contributed by atoms with van der Waals surface area (Å²) in [5.74, 6) is -0.0328. The summed E-state index contributed by atoms with van der Waals surface area (Å²) in [6, 6.07) is 6.50. The second-order valence-corrected chi connectivity index (χ2v) is 4.90. The number of carbonyl (C=O) groups is 1. The fraction of sp³-hybridized carbons (Fsp3) is 0.462. The molecule has 1 aromatic carbocycles. The maximum absolute atomic E-state index is 11.6. The molecule has 0 spiro atoms. The largest absolute Gasteiger partial charge is 0.370 e. The van der Waals surface area contributed by atoms with E-state index in [0.29, 0.717) is 19.6 Å². The van der Waals surface area contributed by atoms with E-state index in [-0.39, 0.29) is 17.5 Å². The lowest BCUT2D eigenvalue weighted by atomic mass is 10.2. The van der Waals surface area contributed by atoms with Crippen LogP contribution >= 0.6 is 11.6 Å². The van der Waals surface area contributed by atoms with Crippen molar-refractivity contribution in [1.29, 1.82) is 0 Å². The van der Waals surface area contributed by atoms with E-state index in [1.807, 2.05) is 0 Å². The maximum Gasteiger partial charge on any atom is 0.269 e. The zero-order valence-electron chi connectivity index (χ0n) is 11.0. The highest BCUT2D eigenvalue weighted by atomic mass is 35.5. The van der Waals surface area contributed by atoms with E-state index < -0.39 is 4.92 Å². The van der Waals surface area contributed by atoms with Gasteiger partial charge in [0.1, 0.15) is 5.88 Å². The van der Waals surface area contributed by atoms with Crippen molar-refractivity contribution < 1.29 is 9.72 Å². The smallest absolute Gasteiger partial charge is 0.269 e. The van der Waals surface area contributed by atoms with Gasteiger partial charge in [0.25, 0.3) is 5.69 Å². The van der Waals surface area contributed by atoms with E-state index in [1.54, 1.807) is 17.0 Å². The highest BCUT2D eigenvalue weighted by molar-refractivity contribution is 6.27. The summed E-state index contributed by atoms with van der Waals surface area (Å²) in [5.41, 5.74) is 1.03. The fourth-order valence-corrected chi connectivity index (χ4v) is 2.46. The molecule has 1 aromatic rings. The van der Waals surface area contributed by atoms with Gasteiger partial charge in [0, 0.05) is 44.0 Å². The van der Waals surface area contributed by atoms with Gasteiger partial charge in [-0.05, 0) is 18.6 Å². The second-order valence-electron chi connectivity index (χ2n) is 4.63. The predicted molar refractivity (Wildman–Crippen MR) is 77.2 cm³/mol. The summed E-state index contributed by atoms with van der Waals surface area (Å²) >= 11 is 5.57. The summed E-state index contributed by atoms with van der Waals surface area (Å²) in [6.45, 7) is 2.86. The number of rotatable bonds is 3. The second kappa shape index (κ2) is 6.56. The Kier molecular flexibility index (Phi) is 4.79. The molecular weight excluding hydrogens is 282 g/mol. The quantitative estimate of drug-likeness (QED) is 0.485. The minimum atomic E-state index is -0.410. The van der Waals surface area contributed by atoms with Gasteiger partial charge in [0.15, 0.2) is 0 Å². The molecule has 0 N–H and O–H groups in total. The van der Waals surface area contributed by atoms with Gasteiger partial charge in [-0.2, -0.15) is 0 Å². The Labute approximate surface area is 122 Å². The third-order valence-corrected chi connectivity index (χ3v) is 3.62. The molecule has 1 amide bonds. The van der Waals surface area contributed by atoms with Crippen molar-refractivity contribution in [2.24, 2.45) is 0 Å². The molecule has 20 heavy (non-hydrogen) atoms. The molecular formula is C13H16ClN3O3. The number of nitro groups is 1. The lowest BCUT2D eigenvalue weighted by Crippen LogP contribution is -2.35. The fourth-order valence-electron chi connectivity index (χ4n) is 2.29. The molecule has 0 unspecified atom stereocenters. The van der Waals surface area contributed by atoms with Crippen molar-refractivity contribution in [3.8, 4) is 0 Å². The highest BCUT2D eigenvalue weighted by Gasteiger charge is 2.18. The minimum Gasteiger partial charge on any atom is -0.370 e. The summed E-state index contributed by atoms with van der Waals surface area (Å²) in [6.07, 6.45) is 0.861. The van der Waals surface area contributed by atoms with Gasteiger partial charge >= 0.3 is 0 Å². The molecule has 1 fully saturated rings. The molecule has 0 aromatic heterocycles. The third-order valence-electron chi connectivity index (χ3n) is 3.39. The minimum absolute atomic E-state index is 0.0114. The number of non-ortho nitro benzene ring substituents is 1. The van der Waals surface area contributed by atoms with Crippen LogP contribution in [0.15, 0.2) is 24.3 Å². The normalized spacial score (nSPS) is 15.8. The number of nitrogens with zero attached hydrogens (tertiary/aromatic N) is 3. The van der Waals surface area contributed by atoms with Crippen molar-refractivity contribution >= 4 is 28.9 Å². The number of hydrogen-bond donors (Lipinski definition) is 0. The van der Waals surface area contributed by atoms with E-state index in [1.165, 1.54) is 12.1 Å². The van der Waals surface area contributed by atoms with E-state index in [0.717, 1.165) is 18.7 Å². The van der Waals surface area contributed by atoms with Crippen LogP contribution in [0, 0.1) is 10.1 Å². The zero-order chi connectivity index (χ0) is 14.5. The van der Waals surface area contributed by atoms with Crippen LogP contribution in [0.5, 0.6) is 0 Å². The van der Waals surface area contributed by atoms with Gasteiger partial charge in [-0.25, -0.2) is 0 Å². The van der Waals surface area contributed by atoms with Gasteiger partial charge in [-0.3, -0.25) is 14.9 Å². The van der Waals surface area contributed by atoms with Crippen molar-refractivity contribution in [1.82, 2.24) is 4.90 Å². The number of anilines is 1. The SMILES string of the molecule is O=C(CCl)N1CCCN(c2ccc([N+](=O)[O-])cc2)CC1. The number of alkyl halides is 1. The number of amides is 1. The van der Waals surface area contributed by atoms with Crippen LogP contribution in [0.4, 0.5) is 11.4 Å². The summed E-state index contributed by atoms with van der Waals surface area (Å²) in [5, 5.41) is 10.6. The summed E-state index contributed by atoms with van der Waals surface area (Å²) in [7, 11) is 0. The molecule has 0 radical (unpaired) electrons. The maximum atomic E-state index is 11.6. The Morgan fingerprint density at radius 3 is 2.50 bits per heavy atom. The first-order chi connectivity index (χ1) is 9.61. The molecule has 7 heteroatoms. The predicted octanol–water partition coefficient (Wildman–Crippen LogP) is 1.87. The summed E-state index contributed by atoms with van der Waals surface area (Å²) < 4.78 is 0. The molecule has 1 saturated heterocycles. The third kappa shape index (κ3) is 3.39. The molecule has 0 bridgehead atoms. The van der Waals surface area contributed by atoms with Crippen LogP contribution in [-0.2, 0) is 4.79 Å². The van der Waals surface area contributed by atoms with E-state index in [9.17, 15) is 14.9 Å². The molecule has 108 valence electrons. The Balaban J connectivity index is 2.03. The Morgan fingerprint density at radius 1 is 1.20 bits per heavy atom. The van der Waals surface area contributed by atoms with Gasteiger partial charge in [0.2, 0.25) is 5.91 Å². The van der Waals surface area contributed by atoms with Gasteiger partial charge in [-0.1, -0.05) is 0 Å². The van der Waals surface area contributed by atoms with Crippen molar-refractivity contribution in [3.63, 3.8) is 0 Å². The summed E-state index contributed by atoms with van der Waals surface area (Å²) in [4.78, 5) is 25.7. The Bertz CT molecular complexity index is 492. The topological polar surface area (TPSA) is 66.7 Å². The number of nitro benzene ring substituents is 1. The van der Waals surface area contributed by atoms with E-state index in [4.69, 9.17) is 11.6 Å². The molecule has 1 aliphatic heterocycles.